The van der Waals surface area contributed by atoms with Crippen LogP contribution in [-0.2, 0) is 4.79 Å². The molecule has 0 fully saturated rings. The average molecular weight is 252 g/mol. The lowest BCUT2D eigenvalue weighted by atomic mass is 9.98. The molecule has 0 aromatic rings. The predicted molar refractivity (Wildman–Crippen MR) is 77.7 cm³/mol. The first kappa shape index (κ1) is 16.9. The molecule has 0 saturated heterocycles. The summed E-state index contributed by atoms with van der Waals surface area (Å²) in [5.74, 6) is -0.182. The molecule has 0 spiro atoms. The number of carbonyl (C=O) groups is 1. The summed E-state index contributed by atoms with van der Waals surface area (Å²) in [6.45, 7) is 8.57. The number of carboxylic acids is 1. The van der Waals surface area contributed by atoms with Crippen molar-refractivity contribution in [1.29, 1.82) is 0 Å². The van der Waals surface area contributed by atoms with Crippen molar-refractivity contribution in [2.24, 2.45) is 5.92 Å². The Balaban J connectivity index is 3.72. The van der Waals surface area contributed by atoms with Gasteiger partial charge in [-0.05, 0) is 58.8 Å². The lowest BCUT2D eigenvalue weighted by Crippen LogP contribution is -2.00. The van der Waals surface area contributed by atoms with Crippen molar-refractivity contribution in [3.8, 4) is 0 Å². The first-order valence-electron chi connectivity index (χ1n) is 6.92. The van der Waals surface area contributed by atoms with E-state index in [0.717, 1.165) is 32.1 Å². The molecule has 2 heteroatoms. The molecule has 0 aromatic heterocycles. The second-order valence-corrected chi connectivity index (χ2v) is 5.49. The van der Waals surface area contributed by atoms with Crippen molar-refractivity contribution < 1.29 is 9.90 Å². The number of rotatable bonds is 9. The van der Waals surface area contributed by atoms with E-state index < -0.39 is 5.97 Å². The maximum absolute atomic E-state index is 10.4. The van der Waals surface area contributed by atoms with E-state index in [9.17, 15) is 4.79 Å². The summed E-state index contributed by atoms with van der Waals surface area (Å²) in [5, 5.41) is 8.60. The highest BCUT2D eigenvalue weighted by Gasteiger charge is 2.04. The zero-order valence-corrected chi connectivity index (χ0v) is 12.3. The van der Waals surface area contributed by atoms with Gasteiger partial charge >= 0.3 is 5.97 Å². The van der Waals surface area contributed by atoms with Crippen LogP contribution < -0.4 is 0 Å². The predicted octanol–water partition coefficient (Wildman–Crippen LogP) is 4.96. The normalized spacial score (nSPS) is 13.2. The molecule has 0 aliphatic rings. The quantitative estimate of drug-likeness (QED) is 0.589. The molecule has 18 heavy (non-hydrogen) atoms. The second kappa shape index (κ2) is 9.93. The lowest BCUT2D eigenvalue weighted by Gasteiger charge is -2.08. The fourth-order valence-corrected chi connectivity index (χ4v) is 1.82. The van der Waals surface area contributed by atoms with Gasteiger partial charge in [0.1, 0.15) is 0 Å². The third kappa shape index (κ3) is 11.4. The van der Waals surface area contributed by atoms with Crippen molar-refractivity contribution in [3.63, 3.8) is 0 Å². The Morgan fingerprint density at radius 3 is 2.28 bits per heavy atom. The fraction of sp³-hybridized carbons (Fsp3) is 0.688. The highest BCUT2D eigenvalue weighted by atomic mass is 16.4. The monoisotopic (exact) mass is 252 g/mol. The molecule has 0 aliphatic heterocycles. The third-order valence-corrected chi connectivity index (χ3v) is 3.09. The minimum Gasteiger partial charge on any atom is -0.481 e. The maximum atomic E-state index is 10.4. The third-order valence-electron chi connectivity index (χ3n) is 3.09. The van der Waals surface area contributed by atoms with Crippen LogP contribution in [0.1, 0.15) is 66.2 Å². The topological polar surface area (TPSA) is 37.3 Å². The molecular formula is C16H28O2. The summed E-state index contributed by atoms with van der Waals surface area (Å²) in [6, 6.07) is 0. The van der Waals surface area contributed by atoms with Crippen LogP contribution in [0.4, 0.5) is 0 Å². The highest BCUT2D eigenvalue weighted by molar-refractivity contribution is 5.66. The average Bonchev–Trinajstić information content (AvgIpc) is 2.25. The van der Waals surface area contributed by atoms with E-state index in [-0.39, 0.29) is 0 Å². The second-order valence-electron chi connectivity index (χ2n) is 5.49. The molecule has 0 bridgehead atoms. The summed E-state index contributed by atoms with van der Waals surface area (Å²) >= 11 is 0. The zero-order valence-electron chi connectivity index (χ0n) is 12.3. The first-order chi connectivity index (χ1) is 8.41. The number of allylic oxidation sites excluding steroid dienone is 4. The number of hydrogen-bond donors (Lipinski definition) is 1. The molecule has 1 atom stereocenters. The maximum Gasteiger partial charge on any atom is 0.303 e. The lowest BCUT2D eigenvalue weighted by molar-refractivity contribution is -0.137. The van der Waals surface area contributed by atoms with Crippen LogP contribution in [0.2, 0.25) is 0 Å². The molecule has 1 unspecified atom stereocenters. The van der Waals surface area contributed by atoms with Crippen molar-refractivity contribution in [1.82, 2.24) is 0 Å². The SMILES string of the molecule is CC(C)=CCCC(C)=CCCC(C)CCC(=O)O. The van der Waals surface area contributed by atoms with Gasteiger partial charge in [-0.3, -0.25) is 4.79 Å². The van der Waals surface area contributed by atoms with Crippen molar-refractivity contribution in [2.45, 2.75) is 66.2 Å². The summed E-state index contributed by atoms with van der Waals surface area (Å²) in [5.41, 5.74) is 2.82. The van der Waals surface area contributed by atoms with E-state index in [1.165, 1.54) is 11.1 Å². The van der Waals surface area contributed by atoms with Gasteiger partial charge in [0, 0.05) is 6.42 Å². The molecule has 1 N–H and O–H groups in total. The van der Waals surface area contributed by atoms with Crippen LogP contribution in [0, 0.1) is 5.92 Å². The Labute approximate surface area is 112 Å². The van der Waals surface area contributed by atoms with E-state index in [0.29, 0.717) is 12.3 Å². The number of carboxylic acid groups (broad SMARTS) is 1. The minimum absolute atomic E-state index is 0.296. The molecule has 0 amide bonds. The standard InChI is InChI=1S/C16H28O2/c1-13(2)7-5-8-14(3)9-6-10-15(4)11-12-16(17)18/h7,9,15H,5-6,8,10-12H2,1-4H3,(H,17,18). The zero-order chi connectivity index (χ0) is 14.0. The number of hydrogen-bond acceptors (Lipinski definition) is 1. The Morgan fingerprint density at radius 2 is 1.72 bits per heavy atom. The minimum atomic E-state index is -0.685. The molecular weight excluding hydrogens is 224 g/mol. The summed E-state index contributed by atoms with van der Waals surface area (Å²) in [6.07, 6.45) is 10.1. The van der Waals surface area contributed by atoms with Crippen LogP contribution in [-0.4, -0.2) is 11.1 Å². The van der Waals surface area contributed by atoms with E-state index >= 15 is 0 Å². The van der Waals surface area contributed by atoms with Crippen LogP contribution in [0.15, 0.2) is 23.3 Å². The Kier molecular flexibility index (Phi) is 9.35. The Hall–Kier alpha value is -1.05. The van der Waals surface area contributed by atoms with Gasteiger partial charge < -0.3 is 5.11 Å². The molecule has 0 rings (SSSR count). The van der Waals surface area contributed by atoms with Gasteiger partial charge in [0.15, 0.2) is 0 Å². The van der Waals surface area contributed by atoms with Gasteiger partial charge in [0.25, 0.3) is 0 Å². The fourth-order valence-electron chi connectivity index (χ4n) is 1.82. The molecule has 0 aromatic carbocycles. The smallest absolute Gasteiger partial charge is 0.303 e. The van der Waals surface area contributed by atoms with Gasteiger partial charge in [0.05, 0.1) is 0 Å². The van der Waals surface area contributed by atoms with Crippen LogP contribution in [0.5, 0.6) is 0 Å². The van der Waals surface area contributed by atoms with Gasteiger partial charge in [-0.15, -0.1) is 0 Å². The summed E-state index contributed by atoms with van der Waals surface area (Å²) in [7, 11) is 0. The van der Waals surface area contributed by atoms with Gasteiger partial charge in [-0.1, -0.05) is 30.2 Å². The molecule has 0 saturated carbocycles. The molecule has 0 aliphatic carbocycles. The van der Waals surface area contributed by atoms with Crippen LogP contribution in [0.3, 0.4) is 0 Å². The Morgan fingerprint density at radius 1 is 1.06 bits per heavy atom. The molecule has 0 heterocycles. The van der Waals surface area contributed by atoms with Gasteiger partial charge in [-0.25, -0.2) is 0 Å². The summed E-state index contributed by atoms with van der Waals surface area (Å²) < 4.78 is 0. The largest absolute Gasteiger partial charge is 0.481 e. The van der Waals surface area contributed by atoms with Gasteiger partial charge in [0.2, 0.25) is 0 Å². The molecule has 104 valence electrons. The highest BCUT2D eigenvalue weighted by Crippen LogP contribution is 2.15. The summed E-state index contributed by atoms with van der Waals surface area (Å²) in [4.78, 5) is 10.4. The van der Waals surface area contributed by atoms with E-state index in [1.54, 1.807) is 0 Å². The van der Waals surface area contributed by atoms with Crippen molar-refractivity contribution in [3.05, 3.63) is 23.3 Å². The van der Waals surface area contributed by atoms with E-state index in [2.05, 4.69) is 39.8 Å². The van der Waals surface area contributed by atoms with Crippen molar-refractivity contribution in [2.75, 3.05) is 0 Å². The van der Waals surface area contributed by atoms with Gasteiger partial charge in [-0.2, -0.15) is 0 Å². The Bertz CT molecular complexity index is 296. The van der Waals surface area contributed by atoms with E-state index in [4.69, 9.17) is 5.11 Å². The molecule has 0 radical (unpaired) electrons. The van der Waals surface area contributed by atoms with E-state index in [1.807, 2.05) is 0 Å². The van der Waals surface area contributed by atoms with Crippen LogP contribution >= 0.6 is 0 Å². The van der Waals surface area contributed by atoms with Crippen LogP contribution in [0.25, 0.3) is 0 Å². The first-order valence-corrected chi connectivity index (χ1v) is 6.92. The molecule has 2 nitrogen and oxygen atoms in total. The number of aliphatic carboxylic acids is 1. The van der Waals surface area contributed by atoms with Crippen molar-refractivity contribution >= 4 is 5.97 Å².